The number of non-ortho nitro benzene ring substituents is 1. The number of nitrogens with zero attached hydrogens (tertiary/aromatic N) is 2. The third kappa shape index (κ3) is 2.52. The first-order valence-electron chi connectivity index (χ1n) is 7.47. The van der Waals surface area contributed by atoms with Crippen LogP contribution in [0.5, 0.6) is 5.75 Å². The molecule has 1 N–H and O–H groups in total. The number of fused-ring (bicyclic) bond motifs is 2. The lowest BCUT2D eigenvalue weighted by molar-refractivity contribution is -0.384. The van der Waals surface area contributed by atoms with Crippen molar-refractivity contribution in [2.75, 3.05) is 20.2 Å². The lowest BCUT2D eigenvalue weighted by Gasteiger charge is -2.28. The maximum atomic E-state index is 13.0. The zero-order valence-electron chi connectivity index (χ0n) is 12.4. The number of hydrogen-bond acceptors (Lipinski definition) is 5. The molecule has 1 aromatic carbocycles. The fourth-order valence-electron chi connectivity index (χ4n) is 3.43. The molecular formula is C15H19N3O4. The molecule has 2 aliphatic rings. The van der Waals surface area contributed by atoms with Gasteiger partial charge < -0.3 is 15.0 Å². The predicted molar refractivity (Wildman–Crippen MR) is 80.1 cm³/mol. The van der Waals surface area contributed by atoms with Gasteiger partial charge in [0.1, 0.15) is 5.75 Å². The van der Waals surface area contributed by atoms with Gasteiger partial charge in [0.15, 0.2) is 0 Å². The molecule has 0 spiro atoms. The Kier molecular flexibility index (Phi) is 3.98. The average Bonchev–Trinajstić information content (AvgIpc) is 2.78. The van der Waals surface area contributed by atoms with Gasteiger partial charge in [-0.1, -0.05) is 0 Å². The van der Waals surface area contributed by atoms with E-state index in [1.54, 1.807) is 0 Å². The molecule has 2 atom stereocenters. The maximum Gasteiger partial charge on any atom is 0.270 e. The quantitative estimate of drug-likeness (QED) is 0.677. The van der Waals surface area contributed by atoms with Crippen molar-refractivity contribution in [3.05, 3.63) is 33.9 Å². The van der Waals surface area contributed by atoms with Crippen LogP contribution in [-0.4, -0.2) is 48.0 Å². The molecular weight excluding hydrogens is 286 g/mol. The maximum absolute atomic E-state index is 13.0. The number of carbonyl (C=O) groups is 1. The molecule has 0 aromatic heterocycles. The van der Waals surface area contributed by atoms with Gasteiger partial charge in [-0.05, 0) is 31.9 Å². The third-order valence-electron chi connectivity index (χ3n) is 4.51. The second-order valence-corrected chi connectivity index (χ2v) is 5.73. The highest BCUT2D eigenvalue weighted by molar-refractivity contribution is 5.98. The first-order chi connectivity index (χ1) is 10.6. The molecule has 0 aliphatic carbocycles. The van der Waals surface area contributed by atoms with Crippen molar-refractivity contribution in [3.8, 4) is 5.75 Å². The molecule has 1 amide bonds. The number of hydrogen-bond donors (Lipinski definition) is 1. The second kappa shape index (κ2) is 5.92. The van der Waals surface area contributed by atoms with Crippen LogP contribution < -0.4 is 10.1 Å². The highest BCUT2D eigenvalue weighted by Gasteiger charge is 2.39. The molecule has 2 bridgehead atoms. The van der Waals surface area contributed by atoms with Crippen molar-refractivity contribution in [2.24, 2.45) is 0 Å². The van der Waals surface area contributed by atoms with Crippen LogP contribution >= 0.6 is 0 Å². The number of amides is 1. The molecule has 118 valence electrons. The van der Waals surface area contributed by atoms with E-state index in [1.807, 2.05) is 4.90 Å². The van der Waals surface area contributed by atoms with E-state index in [9.17, 15) is 14.9 Å². The van der Waals surface area contributed by atoms with Gasteiger partial charge in [-0.25, -0.2) is 0 Å². The van der Waals surface area contributed by atoms with Crippen LogP contribution in [0.15, 0.2) is 18.2 Å². The van der Waals surface area contributed by atoms with Crippen LogP contribution in [0.3, 0.4) is 0 Å². The number of benzene rings is 1. The summed E-state index contributed by atoms with van der Waals surface area (Å²) >= 11 is 0. The molecule has 2 heterocycles. The summed E-state index contributed by atoms with van der Waals surface area (Å²) in [6.45, 7) is 1.68. The molecule has 7 nitrogen and oxygen atoms in total. The Balaban J connectivity index is 1.97. The van der Waals surface area contributed by atoms with E-state index >= 15 is 0 Å². The number of carbonyl (C=O) groups excluding carboxylic acids is 1. The number of methoxy groups -OCH3 is 1. The van der Waals surface area contributed by atoms with Crippen LogP contribution in [-0.2, 0) is 0 Å². The summed E-state index contributed by atoms with van der Waals surface area (Å²) in [6.07, 6.45) is 2.88. The van der Waals surface area contributed by atoms with Gasteiger partial charge in [-0.15, -0.1) is 0 Å². The topological polar surface area (TPSA) is 84.7 Å². The Morgan fingerprint density at radius 3 is 2.86 bits per heavy atom. The van der Waals surface area contributed by atoms with Crippen LogP contribution in [0.2, 0.25) is 0 Å². The van der Waals surface area contributed by atoms with Crippen molar-refractivity contribution in [2.45, 2.75) is 31.3 Å². The van der Waals surface area contributed by atoms with Crippen molar-refractivity contribution >= 4 is 11.6 Å². The zero-order chi connectivity index (χ0) is 15.7. The summed E-state index contributed by atoms with van der Waals surface area (Å²) in [5, 5.41) is 14.3. The largest absolute Gasteiger partial charge is 0.496 e. The van der Waals surface area contributed by atoms with Crippen LogP contribution in [0, 0.1) is 10.1 Å². The summed E-state index contributed by atoms with van der Waals surface area (Å²) < 4.78 is 5.23. The van der Waals surface area contributed by atoms with Crippen molar-refractivity contribution in [1.29, 1.82) is 0 Å². The minimum absolute atomic E-state index is 0.0931. The van der Waals surface area contributed by atoms with Gasteiger partial charge in [0.25, 0.3) is 11.6 Å². The zero-order valence-corrected chi connectivity index (χ0v) is 12.4. The Bertz CT molecular complexity index is 590. The van der Waals surface area contributed by atoms with Crippen LogP contribution in [0.1, 0.15) is 29.6 Å². The molecule has 3 rings (SSSR count). The van der Waals surface area contributed by atoms with Gasteiger partial charge in [0, 0.05) is 30.8 Å². The lowest BCUT2D eigenvalue weighted by Crippen LogP contribution is -2.42. The summed E-state index contributed by atoms with van der Waals surface area (Å²) in [5.74, 6) is 0.212. The number of nitro groups is 1. The van der Waals surface area contributed by atoms with Gasteiger partial charge in [0.05, 0.1) is 17.6 Å². The normalized spacial score (nSPS) is 24.0. The minimum Gasteiger partial charge on any atom is -0.496 e. The Hall–Kier alpha value is -2.15. The van der Waals surface area contributed by atoms with E-state index < -0.39 is 4.92 Å². The molecule has 1 aromatic rings. The van der Waals surface area contributed by atoms with Crippen LogP contribution in [0.4, 0.5) is 5.69 Å². The highest BCUT2D eigenvalue weighted by Crippen LogP contribution is 2.33. The van der Waals surface area contributed by atoms with E-state index in [0.29, 0.717) is 5.75 Å². The van der Waals surface area contributed by atoms with Gasteiger partial charge in [-0.3, -0.25) is 14.9 Å². The standard InChI is InChI=1S/C15H19N3O4/c1-22-14-5-4-11(18(20)21)8-13(14)15(19)17-10-2-3-12(17)9-16-7-6-10/h4-5,8,10,12,16H,2-3,6-7,9H2,1H3. The first kappa shape index (κ1) is 14.8. The molecule has 2 saturated heterocycles. The monoisotopic (exact) mass is 305 g/mol. The van der Waals surface area contributed by atoms with E-state index in [2.05, 4.69) is 5.32 Å². The minimum atomic E-state index is -0.491. The van der Waals surface area contributed by atoms with E-state index in [1.165, 1.54) is 25.3 Å². The molecule has 2 fully saturated rings. The van der Waals surface area contributed by atoms with E-state index in [0.717, 1.165) is 32.4 Å². The number of ether oxygens (including phenoxy) is 1. The molecule has 22 heavy (non-hydrogen) atoms. The molecule has 0 radical (unpaired) electrons. The third-order valence-corrected chi connectivity index (χ3v) is 4.51. The molecule has 7 heteroatoms. The number of rotatable bonds is 3. The SMILES string of the molecule is COc1ccc([N+](=O)[O-])cc1C(=O)N1C2CCNCC1CC2. The van der Waals surface area contributed by atoms with Crippen molar-refractivity contribution < 1.29 is 14.5 Å². The smallest absolute Gasteiger partial charge is 0.270 e. The first-order valence-corrected chi connectivity index (χ1v) is 7.47. The van der Waals surface area contributed by atoms with E-state index in [-0.39, 0.29) is 29.2 Å². The van der Waals surface area contributed by atoms with Crippen molar-refractivity contribution in [1.82, 2.24) is 10.2 Å². The number of nitrogens with one attached hydrogen (secondary N) is 1. The van der Waals surface area contributed by atoms with Gasteiger partial charge in [0.2, 0.25) is 0 Å². The fraction of sp³-hybridized carbons (Fsp3) is 0.533. The number of nitro benzene ring substituents is 1. The summed E-state index contributed by atoms with van der Waals surface area (Å²) in [5.41, 5.74) is 0.181. The Labute approximate surface area is 128 Å². The Morgan fingerprint density at radius 2 is 2.14 bits per heavy atom. The summed E-state index contributed by atoms with van der Waals surface area (Å²) in [4.78, 5) is 25.3. The van der Waals surface area contributed by atoms with Gasteiger partial charge in [-0.2, -0.15) is 0 Å². The predicted octanol–water partition coefficient (Wildman–Crippen LogP) is 1.57. The second-order valence-electron chi connectivity index (χ2n) is 5.73. The molecule has 2 aliphatic heterocycles. The molecule has 0 saturated carbocycles. The summed E-state index contributed by atoms with van der Waals surface area (Å²) in [6, 6.07) is 4.52. The van der Waals surface area contributed by atoms with Crippen LogP contribution in [0.25, 0.3) is 0 Å². The van der Waals surface area contributed by atoms with Gasteiger partial charge >= 0.3 is 0 Å². The van der Waals surface area contributed by atoms with E-state index in [4.69, 9.17) is 4.74 Å². The molecule has 2 unspecified atom stereocenters. The van der Waals surface area contributed by atoms with Crippen molar-refractivity contribution in [3.63, 3.8) is 0 Å². The Morgan fingerprint density at radius 1 is 1.36 bits per heavy atom. The summed E-state index contributed by atoms with van der Waals surface area (Å²) in [7, 11) is 1.47. The average molecular weight is 305 g/mol. The highest BCUT2D eigenvalue weighted by atomic mass is 16.6. The fourth-order valence-corrected chi connectivity index (χ4v) is 3.43. The lowest BCUT2D eigenvalue weighted by atomic mass is 10.1.